The van der Waals surface area contributed by atoms with Gasteiger partial charge < -0.3 is 11.1 Å². The summed E-state index contributed by atoms with van der Waals surface area (Å²) in [4.78, 5) is 15.4. The van der Waals surface area contributed by atoms with Crippen LogP contribution in [0.5, 0.6) is 0 Å². The fraction of sp³-hybridized carbons (Fsp3) is 0.143. The molecule has 2 aromatic rings. The lowest BCUT2D eigenvalue weighted by molar-refractivity contribution is 0.100. The quantitative estimate of drug-likeness (QED) is 0.861. The summed E-state index contributed by atoms with van der Waals surface area (Å²) in [6.45, 7) is 2.57. The van der Waals surface area contributed by atoms with E-state index in [0.29, 0.717) is 12.1 Å². The molecule has 18 heavy (non-hydrogen) atoms. The van der Waals surface area contributed by atoms with Crippen molar-refractivity contribution in [2.24, 2.45) is 5.73 Å². The van der Waals surface area contributed by atoms with E-state index in [-0.39, 0.29) is 0 Å². The minimum absolute atomic E-state index is 0.424. The first-order valence-electron chi connectivity index (χ1n) is 5.71. The van der Waals surface area contributed by atoms with Crippen LogP contribution in [-0.2, 0) is 6.54 Å². The number of carbonyl (C=O) groups is 1. The van der Waals surface area contributed by atoms with Crippen LogP contribution >= 0.6 is 0 Å². The number of aryl methyl sites for hydroxylation is 1. The third kappa shape index (κ3) is 3.07. The first kappa shape index (κ1) is 12.1. The van der Waals surface area contributed by atoms with Crippen LogP contribution in [0.1, 0.15) is 21.7 Å². The van der Waals surface area contributed by atoms with Crippen LogP contribution in [0.15, 0.2) is 42.5 Å². The molecular formula is C14H15N3O. The lowest BCUT2D eigenvalue weighted by atomic mass is 10.2. The molecule has 0 spiro atoms. The summed E-state index contributed by atoms with van der Waals surface area (Å²) in [7, 11) is 0. The SMILES string of the molecule is Cc1cccc(CNc2cccc(C(N)=O)c2)n1. The van der Waals surface area contributed by atoms with Crippen LogP contribution < -0.4 is 11.1 Å². The third-order valence-corrected chi connectivity index (χ3v) is 2.57. The van der Waals surface area contributed by atoms with E-state index in [9.17, 15) is 4.79 Å². The van der Waals surface area contributed by atoms with Gasteiger partial charge in [-0.2, -0.15) is 0 Å². The van der Waals surface area contributed by atoms with Crippen molar-refractivity contribution in [2.75, 3.05) is 5.32 Å². The molecule has 0 aliphatic rings. The molecular weight excluding hydrogens is 226 g/mol. The Hall–Kier alpha value is -2.36. The fourth-order valence-corrected chi connectivity index (χ4v) is 1.67. The van der Waals surface area contributed by atoms with Crippen molar-refractivity contribution in [1.29, 1.82) is 0 Å². The van der Waals surface area contributed by atoms with Crippen LogP contribution in [0.2, 0.25) is 0 Å². The number of pyridine rings is 1. The van der Waals surface area contributed by atoms with E-state index in [1.165, 1.54) is 0 Å². The van der Waals surface area contributed by atoms with E-state index in [0.717, 1.165) is 17.1 Å². The number of benzene rings is 1. The molecule has 0 saturated heterocycles. The molecule has 0 unspecified atom stereocenters. The highest BCUT2D eigenvalue weighted by Crippen LogP contribution is 2.11. The number of rotatable bonds is 4. The molecule has 0 fully saturated rings. The Labute approximate surface area is 106 Å². The van der Waals surface area contributed by atoms with Gasteiger partial charge >= 0.3 is 0 Å². The summed E-state index contributed by atoms with van der Waals surface area (Å²) in [5, 5.41) is 3.21. The van der Waals surface area contributed by atoms with Crippen LogP contribution in [0, 0.1) is 6.92 Å². The minimum atomic E-state index is -0.424. The Morgan fingerprint density at radius 2 is 2.06 bits per heavy atom. The predicted molar refractivity (Wildman–Crippen MR) is 71.3 cm³/mol. The zero-order chi connectivity index (χ0) is 13.0. The maximum atomic E-state index is 11.1. The van der Waals surface area contributed by atoms with Crippen LogP contribution in [-0.4, -0.2) is 10.9 Å². The molecule has 1 heterocycles. The van der Waals surface area contributed by atoms with Gasteiger partial charge in [-0.1, -0.05) is 12.1 Å². The molecule has 4 heteroatoms. The number of nitrogens with two attached hydrogens (primary N) is 1. The molecule has 1 aromatic carbocycles. The van der Waals surface area contributed by atoms with Crippen molar-refractivity contribution in [1.82, 2.24) is 4.98 Å². The molecule has 1 amide bonds. The lowest BCUT2D eigenvalue weighted by Crippen LogP contribution is -2.11. The monoisotopic (exact) mass is 241 g/mol. The highest BCUT2D eigenvalue weighted by Gasteiger charge is 2.01. The second-order valence-corrected chi connectivity index (χ2v) is 4.07. The Morgan fingerprint density at radius 1 is 1.28 bits per heavy atom. The highest BCUT2D eigenvalue weighted by atomic mass is 16.1. The third-order valence-electron chi connectivity index (χ3n) is 2.57. The van der Waals surface area contributed by atoms with E-state index in [2.05, 4.69) is 10.3 Å². The average Bonchev–Trinajstić information content (AvgIpc) is 2.37. The number of nitrogens with one attached hydrogen (secondary N) is 1. The lowest BCUT2D eigenvalue weighted by Gasteiger charge is -2.07. The zero-order valence-corrected chi connectivity index (χ0v) is 10.2. The van der Waals surface area contributed by atoms with Crippen molar-refractivity contribution in [3.8, 4) is 0 Å². The summed E-state index contributed by atoms with van der Waals surface area (Å²) >= 11 is 0. The van der Waals surface area contributed by atoms with Gasteiger partial charge in [0.1, 0.15) is 0 Å². The van der Waals surface area contributed by atoms with E-state index in [1.807, 2.05) is 31.2 Å². The van der Waals surface area contributed by atoms with Gasteiger partial charge in [-0.05, 0) is 37.3 Å². The topological polar surface area (TPSA) is 68.0 Å². The first-order chi connectivity index (χ1) is 8.65. The van der Waals surface area contributed by atoms with E-state index < -0.39 is 5.91 Å². The van der Waals surface area contributed by atoms with Crippen molar-refractivity contribution in [2.45, 2.75) is 13.5 Å². The molecule has 0 aliphatic heterocycles. The molecule has 92 valence electrons. The maximum Gasteiger partial charge on any atom is 0.248 e. The normalized spacial score (nSPS) is 10.1. The summed E-state index contributed by atoms with van der Waals surface area (Å²) in [5.74, 6) is -0.424. The van der Waals surface area contributed by atoms with Crippen molar-refractivity contribution in [3.05, 3.63) is 59.4 Å². The first-order valence-corrected chi connectivity index (χ1v) is 5.71. The number of anilines is 1. The second-order valence-electron chi connectivity index (χ2n) is 4.07. The van der Waals surface area contributed by atoms with Gasteiger partial charge in [0.15, 0.2) is 0 Å². The number of aromatic nitrogens is 1. The number of hydrogen-bond donors (Lipinski definition) is 2. The summed E-state index contributed by atoms with van der Waals surface area (Å²) in [6.07, 6.45) is 0. The molecule has 0 aliphatic carbocycles. The molecule has 2 rings (SSSR count). The molecule has 0 saturated carbocycles. The van der Waals surface area contributed by atoms with Crippen molar-refractivity contribution >= 4 is 11.6 Å². The Balaban J connectivity index is 2.06. The molecule has 0 bridgehead atoms. The smallest absolute Gasteiger partial charge is 0.248 e. The second kappa shape index (κ2) is 5.31. The summed E-state index contributed by atoms with van der Waals surface area (Å²) < 4.78 is 0. The number of primary amides is 1. The van der Waals surface area contributed by atoms with Crippen molar-refractivity contribution < 1.29 is 4.79 Å². The Bertz CT molecular complexity index is 566. The van der Waals surface area contributed by atoms with Crippen LogP contribution in [0.3, 0.4) is 0 Å². The Morgan fingerprint density at radius 3 is 2.78 bits per heavy atom. The molecule has 0 atom stereocenters. The fourth-order valence-electron chi connectivity index (χ4n) is 1.67. The maximum absolute atomic E-state index is 11.1. The van der Waals surface area contributed by atoms with E-state index in [4.69, 9.17) is 5.73 Å². The minimum Gasteiger partial charge on any atom is -0.379 e. The summed E-state index contributed by atoms with van der Waals surface area (Å²) in [6, 6.07) is 13.0. The van der Waals surface area contributed by atoms with Gasteiger partial charge in [0, 0.05) is 16.9 Å². The predicted octanol–water partition coefficient (Wildman–Crippen LogP) is 2.10. The standard InChI is InChI=1S/C14H15N3O/c1-10-4-2-7-13(17-10)9-16-12-6-3-5-11(8-12)14(15)18/h2-8,16H,9H2,1H3,(H2,15,18). The van der Waals surface area contributed by atoms with Gasteiger partial charge in [-0.15, -0.1) is 0 Å². The largest absolute Gasteiger partial charge is 0.379 e. The van der Waals surface area contributed by atoms with Gasteiger partial charge in [0.05, 0.1) is 12.2 Å². The molecule has 0 radical (unpaired) electrons. The average molecular weight is 241 g/mol. The number of carbonyl (C=O) groups excluding carboxylic acids is 1. The zero-order valence-electron chi connectivity index (χ0n) is 10.2. The van der Waals surface area contributed by atoms with E-state index >= 15 is 0 Å². The van der Waals surface area contributed by atoms with Gasteiger partial charge in [-0.25, -0.2) is 0 Å². The molecule has 4 nitrogen and oxygen atoms in total. The number of hydrogen-bond acceptors (Lipinski definition) is 3. The van der Waals surface area contributed by atoms with E-state index in [1.54, 1.807) is 18.2 Å². The van der Waals surface area contributed by atoms with Gasteiger partial charge in [0.25, 0.3) is 0 Å². The van der Waals surface area contributed by atoms with Gasteiger partial charge in [-0.3, -0.25) is 9.78 Å². The van der Waals surface area contributed by atoms with Crippen LogP contribution in [0.25, 0.3) is 0 Å². The highest BCUT2D eigenvalue weighted by molar-refractivity contribution is 5.93. The van der Waals surface area contributed by atoms with Gasteiger partial charge in [0.2, 0.25) is 5.91 Å². The van der Waals surface area contributed by atoms with Crippen molar-refractivity contribution in [3.63, 3.8) is 0 Å². The van der Waals surface area contributed by atoms with Crippen LogP contribution in [0.4, 0.5) is 5.69 Å². The number of nitrogens with zero attached hydrogens (tertiary/aromatic N) is 1. The summed E-state index contributed by atoms with van der Waals surface area (Å²) in [5.41, 5.74) is 8.53. The molecule has 1 aromatic heterocycles. The number of amides is 1. The molecule has 3 N–H and O–H groups in total. The Kier molecular flexibility index (Phi) is 3.57.